The van der Waals surface area contributed by atoms with Gasteiger partial charge in [0, 0.05) is 0 Å². The Labute approximate surface area is 119 Å². The summed E-state index contributed by atoms with van der Waals surface area (Å²) in [5.41, 5.74) is -0.322. The van der Waals surface area contributed by atoms with E-state index in [1.54, 1.807) is 0 Å². The summed E-state index contributed by atoms with van der Waals surface area (Å²) in [6, 6.07) is 0. The minimum Gasteiger partial charge on any atom is -0.460 e. The van der Waals surface area contributed by atoms with Gasteiger partial charge in [-0.2, -0.15) is 0 Å². The van der Waals surface area contributed by atoms with Crippen molar-refractivity contribution in [1.29, 1.82) is 0 Å². The third kappa shape index (κ3) is 3.32. The molecule has 0 aromatic heterocycles. The smallest absolute Gasteiger partial charge is 0.313 e. The lowest BCUT2D eigenvalue weighted by atomic mass is 9.75. The molecule has 112 valence electrons. The van der Waals surface area contributed by atoms with Crippen molar-refractivity contribution >= 4 is 5.97 Å². The monoisotopic (exact) mass is 268 g/mol. The molecule has 0 aromatic rings. The Hall–Kier alpha value is -0.530. The summed E-state index contributed by atoms with van der Waals surface area (Å²) in [5, 5.41) is 0. The lowest BCUT2D eigenvalue weighted by Crippen LogP contribution is -2.35. The van der Waals surface area contributed by atoms with Crippen molar-refractivity contribution in [2.45, 2.75) is 86.7 Å². The van der Waals surface area contributed by atoms with E-state index in [4.69, 9.17) is 4.74 Å². The number of esters is 1. The van der Waals surface area contributed by atoms with Crippen LogP contribution in [0.1, 0.15) is 81.1 Å². The van der Waals surface area contributed by atoms with Crippen LogP contribution < -0.4 is 0 Å². The molecular weight excluding hydrogens is 236 g/mol. The molecule has 0 N–H and O–H groups in total. The van der Waals surface area contributed by atoms with Crippen molar-refractivity contribution in [3.8, 4) is 0 Å². The fraction of sp³-hybridized carbons (Fsp3) is 0.941. The van der Waals surface area contributed by atoms with E-state index in [1.807, 2.05) is 20.8 Å². The van der Waals surface area contributed by atoms with Crippen molar-refractivity contribution in [3.05, 3.63) is 0 Å². The van der Waals surface area contributed by atoms with Crippen LogP contribution in [0.2, 0.25) is 0 Å². The molecule has 0 bridgehead atoms. The van der Waals surface area contributed by atoms with Crippen LogP contribution in [0.4, 0.5) is 0 Å². The van der Waals surface area contributed by atoms with Gasteiger partial charge in [-0.25, -0.2) is 0 Å². The molecule has 0 amide bonds. The van der Waals surface area contributed by atoms with E-state index >= 15 is 0 Å². The first-order valence-electron chi connectivity index (χ1n) is 7.65. The average molecular weight is 268 g/mol. The van der Waals surface area contributed by atoms with Gasteiger partial charge in [-0.1, -0.05) is 41.0 Å². The van der Waals surface area contributed by atoms with Gasteiger partial charge in [-0.05, 0) is 50.9 Å². The zero-order chi connectivity index (χ0) is 15.1. The van der Waals surface area contributed by atoms with Gasteiger partial charge in [0.1, 0.15) is 5.60 Å². The van der Waals surface area contributed by atoms with E-state index in [0.29, 0.717) is 0 Å². The maximum absolute atomic E-state index is 12.7. The maximum atomic E-state index is 12.7. The molecule has 2 atom stereocenters. The van der Waals surface area contributed by atoms with Gasteiger partial charge in [0.05, 0.1) is 5.41 Å². The number of ether oxygens (including phenoxy) is 1. The molecule has 0 aromatic carbocycles. The summed E-state index contributed by atoms with van der Waals surface area (Å²) >= 11 is 0. The van der Waals surface area contributed by atoms with Gasteiger partial charge < -0.3 is 4.74 Å². The molecule has 0 heterocycles. The van der Waals surface area contributed by atoms with Gasteiger partial charge in [0.2, 0.25) is 0 Å². The largest absolute Gasteiger partial charge is 0.460 e. The van der Waals surface area contributed by atoms with Crippen molar-refractivity contribution < 1.29 is 9.53 Å². The second kappa shape index (κ2) is 4.79. The Bertz CT molecular complexity index is 351. The molecule has 1 aliphatic rings. The second-order valence-electron chi connectivity index (χ2n) is 8.37. The van der Waals surface area contributed by atoms with Crippen molar-refractivity contribution in [1.82, 2.24) is 0 Å². The molecule has 0 saturated heterocycles. The van der Waals surface area contributed by atoms with E-state index in [2.05, 4.69) is 34.6 Å². The highest BCUT2D eigenvalue weighted by Crippen LogP contribution is 2.70. The molecular formula is C17H32O2. The third-order valence-electron chi connectivity index (χ3n) is 5.03. The second-order valence-corrected chi connectivity index (χ2v) is 8.37. The molecule has 19 heavy (non-hydrogen) atoms. The van der Waals surface area contributed by atoms with Gasteiger partial charge in [0.25, 0.3) is 0 Å². The van der Waals surface area contributed by atoms with Gasteiger partial charge in [-0.3, -0.25) is 4.79 Å². The summed E-state index contributed by atoms with van der Waals surface area (Å²) in [5.74, 6) is 0.0193. The lowest BCUT2D eigenvalue weighted by Gasteiger charge is -2.32. The molecule has 1 saturated carbocycles. The molecule has 0 spiro atoms. The standard InChI is InChI=1S/C17H32O2/c1-9-15(6,7)11-17(12-16(17,8)10-2)13(18)19-14(3,4)5/h9-12H2,1-8H3. The fourth-order valence-electron chi connectivity index (χ4n) is 3.07. The Morgan fingerprint density at radius 1 is 1.16 bits per heavy atom. The van der Waals surface area contributed by atoms with Gasteiger partial charge in [0.15, 0.2) is 0 Å². The summed E-state index contributed by atoms with van der Waals surface area (Å²) in [4.78, 5) is 12.7. The predicted molar refractivity (Wildman–Crippen MR) is 80.0 cm³/mol. The highest BCUT2D eigenvalue weighted by atomic mass is 16.6. The lowest BCUT2D eigenvalue weighted by molar-refractivity contribution is -0.165. The molecule has 0 aliphatic heterocycles. The summed E-state index contributed by atoms with van der Waals surface area (Å²) < 4.78 is 5.71. The molecule has 0 radical (unpaired) electrons. The number of carbonyl (C=O) groups excluding carboxylic acids is 1. The van der Waals surface area contributed by atoms with E-state index < -0.39 is 5.60 Å². The van der Waals surface area contributed by atoms with Crippen molar-refractivity contribution in [2.75, 3.05) is 0 Å². The number of hydrogen-bond acceptors (Lipinski definition) is 2. The molecule has 2 heteroatoms. The number of hydrogen-bond donors (Lipinski definition) is 0. The first-order chi connectivity index (χ1) is 8.41. The first-order valence-corrected chi connectivity index (χ1v) is 7.65. The molecule has 2 unspecified atom stereocenters. The van der Waals surface area contributed by atoms with Crippen LogP contribution in [0.5, 0.6) is 0 Å². The van der Waals surface area contributed by atoms with E-state index in [0.717, 1.165) is 25.7 Å². The van der Waals surface area contributed by atoms with Crippen LogP contribution in [0, 0.1) is 16.2 Å². The van der Waals surface area contributed by atoms with Crippen LogP contribution in [0.25, 0.3) is 0 Å². The zero-order valence-electron chi connectivity index (χ0n) is 14.1. The van der Waals surface area contributed by atoms with Gasteiger partial charge >= 0.3 is 5.97 Å². The minimum atomic E-state index is -0.391. The van der Waals surface area contributed by atoms with Gasteiger partial charge in [-0.15, -0.1) is 0 Å². The van der Waals surface area contributed by atoms with Crippen LogP contribution in [-0.2, 0) is 9.53 Å². The number of carbonyl (C=O) groups is 1. The summed E-state index contributed by atoms with van der Waals surface area (Å²) in [7, 11) is 0. The molecule has 2 nitrogen and oxygen atoms in total. The predicted octanol–water partition coefficient (Wildman–Crippen LogP) is 4.96. The molecule has 1 aliphatic carbocycles. The highest BCUT2D eigenvalue weighted by Gasteiger charge is 2.69. The van der Waals surface area contributed by atoms with Crippen molar-refractivity contribution in [3.63, 3.8) is 0 Å². The fourth-order valence-corrected chi connectivity index (χ4v) is 3.07. The van der Waals surface area contributed by atoms with E-state index in [9.17, 15) is 4.79 Å². The number of rotatable bonds is 5. The Morgan fingerprint density at radius 3 is 2.00 bits per heavy atom. The van der Waals surface area contributed by atoms with E-state index in [-0.39, 0.29) is 22.2 Å². The van der Waals surface area contributed by atoms with Crippen molar-refractivity contribution in [2.24, 2.45) is 16.2 Å². The quantitative estimate of drug-likeness (QED) is 0.659. The average Bonchev–Trinajstić information content (AvgIpc) is 2.83. The Balaban J connectivity index is 2.95. The third-order valence-corrected chi connectivity index (χ3v) is 5.03. The van der Waals surface area contributed by atoms with E-state index in [1.165, 1.54) is 0 Å². The zero-order valence-corrected chi connectivity index (χ0v) is 14.1. The Kier molecular flexibility index (Phi) is 4.16. The van der Waals surface area contributed by atoms with Crippen LogP contribution in [0.15, 0.2) is 0 Å². The van der Waals surface area contributed by atoms with Crippen LogP contribution >= 0.6 is 0 Å². The topological polar surface area (TPSA) is 26.3 Å². The highest BCUT2D eigenvalue weighted by molar-refractivity contribution is 5.82. The summed E-state index contributed by atoms with van der Waals surface area (Å²) in [6.45, 7) is 17.0. The SMILES string of the molecule is CCC(C)(C)CC1(C(=O)OC(C)(C)C)CC1(C)CC. The normalized spacial score (nSPS) is 31.2. The first kappa shape index (κ1) is 16.5. The van der Waals surface area contributed by atoms with Crippen LogP contribution in [0.3, 0.4) is 0 Å². The maximum Gasteiger partial charge on any atom is 0.313 e. The summed E-state index contributed by atoms with van der Waals surface area (Å²) in [6.07, 6.45) is 4.06. The minimum absolute atomic E-state index is 0.0193. The molecule has 1 rings (SSSR count). The molecule has 1 fully saturated rings. The Morgan fingerprint density at radius 2 is 1.68 bits per heavy atom. The van der Waals surface area contributed by atoms with Crippen LogP contribution in [-0.4, -0.2) is 11.6 Å².